The second kappa shape index (κ2) is 5.74. The summed E-state index contributed by atoms with van der Waals surface area (Å²) < 4.78 is 5.37. The highest BCUT2D eigenvalue weighted by Crippen LogP contribution is 2.48. The minimum atomic E-state index is -0.246. The monoisotopic (exact) mass is 257 g/mol. The summed E-state index contributed by atoms with van der Waals surface area (Å²) in [4.78, 5) is 11.9. The Labute approximate surface area is 114 Å². The number of allylic oxidation sites excluding steroid dienone is 3. The van der Waals surface area contributed by atoms with E-state index >= 15 is 0 Å². The number of carbonyl (C=O) groups excluding carboxylic acids is 1. The van der Waals surface area contributed by atoms with Crippen LogP contribution in [0.3, 0.4) is 0 Å². The summed E-state index contributed by atoms with van der Waals surface area (Å²) >= 11 is 0. The molecule has 19 heavy (non-hydrogen) atoms. The van der Waals surface area contributed by atoms with Crippen molar-refractivity contribution in [2.75, 3.05) is 7.11 Å². The number of para-hydroxylation sites is 1. The van der Waals surface area contributed by atoms with Gasteiger partial charge in [0.05, 0.1) is 12.6 Å². The average molecular weight is 257 g/mol. The Morgan fingerprint density at radius 1 is 1.32 bits per heavy atom. The van der Waals surface area contributed by atoms with Crippen LogP contribution in [-0.4, -0.2) is 13.0 Å². The van der Waals surface area contributed by atoms with Crippen LogP contribution in [0.4, 0.5) is 0 Å². The molecule has 3 heteroatoms. The molecular formula is C16H19NO2. The van der Waals surface area contributed by atoms with Gasteiger partial charge in [0.2, 0.25) is 5.91 Å². The third-order valence-corrected chi connectivity index (χ3v) is 3.29. The second-order valence-corrected chi connectivity index (χ2v) is 4.66. The topological polar surface area (TPSA) is 38.3 Å². The molecule has 0 heterocycles. The fourth-order valence-electron chi connectivity index (χ4n) is 2.16. The molecule has 3 nitrogen and oxygen atoms in total. The van der Waals surface area contributed by atoms with Crippen molar-refractivity contribution in [2.45, 2.75) is 25.3 Å². The van der Waals surface area contributed by atoms with Crippen molar-refractivity contribution in [3.63, 3.8) is 0 Å². The molecule has 1 saturated carbocycles. The number of benzene rings is 1. The zero-order chi connectivity index (χ0) is 13.7. The quantitative estimate of drug-likeness (QED) is 0.650. The first kappa shape index (κ1) is 13.4. The van der Waals surface area contributed by atoms with Crippen LogP contribution in [0, 0.1) is 0 Å². The van der Waals surface area contributed by atoms with Crippen molar-refractivity contribution >= 4 is 5.91 Å². The summed E-state index contributed by atoms with van der Waals surface area (Å²) in [6.07, 6.45) is 8.93. The molecule has 0 atom stereocenters. The maximum absolute atomic E-state index is 11.9. The van der Waals surface area contributed by atoms with Crippen molar-refractivity contribution in [3.8, 4) is 5.75 Å². The van der Waals surface area contributed by atoms with Gasteiger partial charge in [-0.15, -0.1) is 0 Å². The van der Waals surface area contributed by atoms with Crippen molar-refractivity contribution in [1.29, 1.82) is 0 Å². The Bertz CT molecular complexity index is 513. The fourth-order valence-corrected chi connectivity index (χ4v) is 2.16. The Hall–Kier alpha value is -2.03. The predicted molar refractivity (Wildman–Crippen MR) is 76.0 cm³/mol. The summed E-state index contributed by atoms with van der Waals surface area (Å²) in [5, 5.41) is 3.08. The Kier molecular flexibility index (Phi) is 4.05. The molecule has 1 fully saturated rings. The van der Waals surface area contributed by atoms with Crippen molar-refractivity contribution in [2.24, 2.45) is 0 Å². The van der Waals surface area contributed by atoms with E-state index in [1.807, 2.05) is 43.3 Å². The van der Waals surface area contributed by atoms with Crippen LogP contribution in [0.15, 0.2) is 48.6 Å². The number of hydrogen-bond acceptors (Lipinski definition) is 2. The fraction of sp³-hybridized carbons (Fsp3) is 0.312. The van der Waals surface area contributed by atoms with Gasteiger partial charge in [-0.2, -0.15) is 0 Å². The van der Waals surface area contributed by atoms with Crippen molar-refractivity contribution < 1.29 is 9.53 Å². The number of amides is 1. The van der Waals surface area contributed by atoms with Gasteiger partial charge in [-0.25, -0.2) is 0 Å². The molecule has 0 radical (unpaired) electrons. The summed E-state index contributed by atoms with van der Waals surface area (Å²) in [6, 6.07) is 7.85. The van der Waals surface area contributed by atoms with Crippen LogP contribution in [-0.2, 0) is 10.3 Å². The number of methoxy groups -OCH3 is 1. The predicted octanol–water partition coefficient (Wildman–Crippen LogP) is 2.93. The van der Waals surface area contributed by atoms with Crippen LogP contribution in [0.25, 0.3) is 0 Å². The molecule has 1 aliphatic carbocycles. The molecule has 1 aliphatic rings. The molecule has 0 bridgehead atoms. The van der Waals surface area contributed by atoms with Gasteiger partial charge in [0.25, 0.3) is 0 Å². The van der Waals surface area contributed by atoms with Crippen molar-refractivity contribution in [3.05, 3.63) is 54.1 Å². The highest BCUT2D eigenvalue weighted by molar-refractivity contribution is 5.89. The van der Waals surface area contributed by atoms with Gasteiger partial charge in [-0.1, -0.05) is 36.4 Å². The minimum Gasteiger partial charge on any atom is -0.496 e. The van der Waals surface area contributed by atoms with E-state index in [4.69, 9.17) is 4.74 Å². The SMILES string of the molecule is C/C=C/C=C/C(=O)NC1(c2ccccc2OC)CC1. The van der Waals surface area contributed by atoms with Crippen LogP contribution in [0.1, 0.15) is 25.3 Å². The lowest BCUT2D eigenvalue weighted by atomic mass is 10.0. The zero-order valence-electron chi connectivity index (χ0n) is 11.3. The molecule has 0 aliphatic heterocycles. The largest absolute Gasteiger partial charge is 0.496 e. The van der Waals surface area contributed by atoms with Gasteiger partial charge in [-0.05, 0) is 25.8 Å². The third-order valence-electron chi connectivity index (χ3n) is 3.29. The first-order chi connectivity index (χ1) is 9.22. The molecular weight excluding hydrogens is 238 g/mol. The van der Waals surface area contributed by atoms with Crippen LogP contribution in [0.5, 0.6) is 5.75 Å². The molecule has 2 rings (SSSR count). The summed E-state index contributed by atoms with van der Waals surface area (Å²) in [6.45, 7) is 1.92. The standard InChI is InChI=1S/C16H19NO2/c1-3-4-5-10-15(18)17-16(11-12-16)13-8-6-7-9-14(13)19-2/h3-10H,11-12H2,1-2H3,(H,17,18)/b4-3+,10-5+. The first-order valence-electron chi connectivity index (χ1n) is 6.47. The van der Waals surface area contributed by atoms with Crippen LogP contribution >= 0.6 is 0 Å². The highest BCUT2D eigenvalue weighted by Gasteiger charge is 2.47. The number of rotatable bonds is 5. The van der Waals surface area contributed by atoms with Crippen molar-refractivity contribution in [1.82, 2.24) is 5.32 Å². The molecule has 1 amide bonds. The number of hydrogen-bond donors (Lipinski definition) is 1. The summed E-state index contributed by atoms with van der Waals surface area (Å²) in [5.41, 5.74) is 0.814. The van der Waals surface area contributed by atoms with Gasteiger partial charge < -0.3 is 10.1 Å². The lowest BCUT2D eigenvalue weighted by Gasteiger charge is -2.19. The molecule has 100 valence electrons. The van der Waals surface area contributed by atoms with E-state index in [9.17, 15) is 4.79 Å². The van der Waals surface area contributed by atoms with E-state index < -0.39 is 0 Å². The summed E-state index contributed by atoms with van der Waals surface area (Å²) in [5.74, 6) is 0.763. The first-order valence-corrected chi connectivity index (χ1v) is 6.47. The normalized spacial score (nSPS) is 16.7. The molecule has 0 spiro atoms. The number of carbonyl (C=O) groups is 1. The lowest BCUT2D eigenvalue weighted by molar-refractivity contribution is -0.117. The van der Waals surface area contributed by atoms with E-state index in [1.54, 1.807) is 19.3 Å². The minimum absolute atomic E-state index is 0.0680. The molecule has 1 aromatic carbocycles. The summed E-state index contributed by atoms with van der Waals surface area (Å²) in [7, 11) is 1.66. The van der Waals surface area contributed by atoms with Crippen LogP contribution < -0.4 is 10.1 Å². The van der Waals surface area contributed by atoms with Gasteiger partial charge in [0, 0.05) is 11.6 Å². The van der Waals surface area contributed by atoms with E-state index in [2.05, 4.69) is 5.32 Å². The molecule has 0 aromatic heterocycles. The van der Waals surface area contributed by atoms with E-state index in [0.717, 1.165) is 24.2 Å². The van der Waals surface area contributed by atoms with E-state index in [-0.39, 0.29) is 11.4 Å². The molecule has 0 saturated heterocycles. The average Bonchev–Trinajstić information content (AvgIpc) is 3.19. The van der Waals surface area contributed by atoms with Gasteiger partial charge >= 0.3 is 0 Å². The second-order valence-electron chi connectivity index (χ2n) is 4.66. The van der Waals surface area contributed by atoms with E-state index in [1.165, 1.54) is 0 Å². The number of nitrogens with one attached hydrogen (secondary N) is 1. The Morgan fingerprint density at radius 2 is 2.05 bits per heavy atom. The molecule has 0 unspecified atom stereocenters. The van der Waals surface area contributed by atoms with Crippen LogP contribution in [0.2, 0.25) is 0 Å². The lowest BCUT2D eigenvalue weighted by Crippen LogP contribution is -2.33. The molecule has 1 N–H and O–H groups in total. The Morgan fingerprint density at radius 3 is 2.68 bits per heavy atom. The maximum atomic E-state index is 11.9. The van der Waals surface area contributed by atoms with Gasteiger partial charge in [0.1, 0.15) is 5.75 Å². The Balaban J connectivity index is 2.13. The van der Waals surface area contributed by atoms with Gasteiger partial charge in [-0.3, -0.25) is 4.79 Å². The van der Waals surface area contributed by atoms with Gasteiger partial charge in [0.15, 0.2) is 0 Å². The van der Waals surface area contributed by atoms with E-state index in [0.29, 0.717) is 0 Å². The highest BCUT2D eigenvalue weighted by atomic mass is 16.5. The third kappa shape index (κ3) is 3.05. The zero-order valence-corrected chi connectivity index (χ0v) is 11.3. The number of ether oxygens (including phenoxy) is 1. The maximum Gasteiger partial charge on any atom is 0.244 e. The smallest absolute Gasteiger partial charge is 0.244 e. The molecule has 1 aromatic rings.